The molecular formula is C22H22N4O3. The number of benzene rings is 2. The summed E-state index contributed by atoms with van der Waals surface area (Å²) in [7, 11) is 0. The van der Waals surface area contributed by atoms with Crippen molar-refractivity contribution in [3.63, 3.8) is 0 Å². The van der Waals surface area contributed by atoms with Crippen LogP contribution >= 0.6 is 0 Å². The Balaban J connectivity index is 1.33. The van der Waals surface area contributed by atoms with Crippen LogP contribution in [0.5, 0.6) is 5.75 Å². The second-order valence-corrected chi connectivity index (χ2v) is 6.77. The number of ether oxygens (including phenoxy) is 1. The molecule has 4 rings (SSSR count). The number of fused-ring (bicyclic) bond motifs is 1. The summed E-state index contributed by atoms with van der Waals surface area (Å²) in [6.07, 6.45) is 0. The zero-order valence-corrected chi connectivity index (χ0v) is 16.0. The van der Waals surface area contributed by atoms with E-state index in [2.05, 4.69) is 10.4 Å². The lowest BCUT2D eigenvalue weighted by Crippen LogP contribution is -2.39. The highest BCUT2D eigenvalue weighted by atomic mass is 16.5. The SMILES string of the molecule is O=C(NCCOc1ccccc1)c1cc2n(n1)CCN(Cc1ccccc1)C2=O. The van der Waals surface area contributed by atoms with Gasteiger partial charge in [0.25, 0.3) is 11.8 Å². The maximum Gasteiger partial charge on any atom is 0.272 e. The third-order valence-corrected chi connectivity index (χ3v) is 4.72. The van der Waals surface area contributed by atoms with Gasteiger partial charge in [-0.3, -0.25) is 14.3 Å². The van der Waals surface area contributed by atoms with Crippen molar-refractivity contribution in [1.29, 1.82) is 0 Å². The maximum absolute atomic E-state index is 12.8. The predicted molar refractivity (Wildman–Crippen MR) is 108 cm³/mol. The number of aromatic nitrogens is 2. The summed E-state index contributed by atoms with van der Waals surface area (Å²) in [6, 6.07) is 20.8. The first kappa shape index (κ1) is 18.7. The van der Waals surface area contributed by atoms with Gasteiger partial charge in [-0.15, -0.1) is 0 Å². The standard InChI is InChI=1S/C22H22N4O3/c27-21(23-11-14-29-18-9-5-2-6-10-18)19-15-20-22(28)25(12-13-26(20)24-19)16-17-7-3-1-4-8-17/h1-10,15H,11-14,16H2,(H,23,27). The molecule has 2 amide bonds. The van der Waals surface area contributed by atoms with Crippen LogP contribution in [0.15, 0.2) is 66.7 Å². The minimum absolute atomic E-state index is 0.112. The van der Waals surface area contributed by atoms with Gasteiger partial charge in [-0.25, -0.2) is 0 Å². The van der Waals surface area contributed by atoms with E-state index < -0.39 is 0 Å². The van der Waals surface area contributed by atoms with Crippen LogP contribution in [-0.4, -0.2) is 46.2 Å². The third-order valence-electron chi connectivity index (χ3n) is 4.72. The molecule has 0 spiro atoms. The maximum atomic E-state index is 12.8. The van der Waals surface area contributed by atoms with Gasteiger partial charge in [0.05, 0.1) is 13.1 Å². The molecule has 0 bridgehead atoms. The highest BCUT2D eigenvalue weighted by Gasteiger charge is 2.27. The van der Waals surface area contributed by atoms with E-state index in [1.54, 1.807) is 15.6 Å². The van der Waals surface area contributed by atoms with Gasteiger partial charge in [0.1, 0.15) is 18.1 Å². The van der Waals surface area contributed by atoms with Gasteiger partial charge >= 0.3 is 0 Å². The molecule has 2 heterocycles. The van der Waals surface area contributed by atoms with Crippen molar-refractivity contribution in [3.05, 3.63) is 83.7 Å². The van der Waals surface area contributed by atoms with Crippen molar-refractivity contribution in [1.82, 2.24) is 20.0 Å². The highest BCUT2D eigenvalue weighted by molar-refractivity contribution is 5.98. The average Bonchev–Trinajstić information content (AvgIpc) is 3.20. The topological polar surface area (TPSA) is 76.5 Å². The van der Waals surface area contributed by atoms with E-state index in [-0.39, 0.29) is 17.5 Å². The fourth-order valence-electron chi connectivity index (χ4n) is 3.24. The number of rotatable bonds is 7. The predicted octanol–water partition coefficient (Wildman–Crippen LogP) is 2.35. The van der Waals surface area contributed by atoms with E-state index in [9.17, 15) is 9.59 Å². The largest absolute Gasteiger partial charge is 0.492 e. The molecule has 0 saturated carbocycles. The molecule has 2 aromatic carbocycles. The first-order valence-electron chi connectivity index (χ1n) is 9.58. The first-order chi connectivity index (χ1) is 14.2. The molecule has 0 aliphatic carbocycles. The first-order valence-corrected chi connectivity index (χ1v) is 9.58. The average molecular weight is 390 g/mol. The van der Waals surface area contributed by atoms with Crippen LogP contribution in [0.25, 0.3) is 0 Å². The fraction of sp³-hybridized carbons (Fsp3) is 0.227. The summed E-state index contributed by atoms with van der Waals surface area (Å²) < 4.78 is 7.17. The summed E-state index contributed by atoms with van der Waals surface area (Å²) in [4.78, 5) is 27.0. The van der Waals surface area contributed by atoms with Gasteiger partial charge < -0.3 is 15.0 Å². The molecule has 1 aliphatic rings. The molecule has 0 radical (unpaired) electrons. The van der Waals surface area contributed by atoms with Crippen molar-refractivity contribution in [2.24, 2.45) is 0 Å². The van der Waals surface area contributed by atoms with Crippen LogP contribution in [0.2, 0.25) is 0 Å². The van der Waals surface area contributed by atoms with Crippen LogP contribution in [0.3, 0.4) is 0 Å². The Morgan fingerprint density at radius 2 is 1.76 bits per heavy atom. The van der Waals surface area contributed by atoms with E-state index in [1.807, 2.05) is 60.7 Å². The van der Waals surface area contributed by atoms with Gasteiger partial charge in [0.2, 0.25) is 0 Å². The molecular weight excluding hydrogens is 368 g/mol. The van der Waals surface area contributed by atoms with Crippen molar-refractivity contribution in [3.8, 4) is 5.75 Å². The third kappa shape index (κ3) is 4.45. The number of carbonyl (C=O) groups excluding carboxylic acids is 2. The molecule has 7 nitrogen and oxygen atoms in total. The smallest absolute Gasteiger partial charge is 0.272 e. The Kier molecular flexibility index (Phi) is 5.56. The molecule has 7 heteroatoms. The molecule has 1 aromatic heterocycles. The van der Waals surface area contributed by atoms with Crippen LogP contribution in [-0.2, 0) is 13.1 Å². The summed E-state index contributed by atoms with van der Waals surface area (Å²) in [6.45, 7) is 2.38. The minimum Gasteiger partial charge on any atom is -0.492 e. The summed E-state index contributed by atoms with van der Waals surface area (Å²) in [5.41, 5.74) is 1.76. The van der Waals surface area contributed by atoms with E-state index in [1.165, 1.54) is 0 Å². The quantitative estimate of drug-likeness (QED) is 0.629. The molecule has 0 saturated heterocycles. The summed E-state index contributed by atoms with van der Waals surface area (Å²) >= 11 is 0. The number of amides is 2. The Bertz CT molecular complexity index is 986. The number of hydrogen-bond donors (Lipinski definition) is 1. The van der Waals surface area contributed by atoms with Gasteiger partial charge in [-0.05, 0) is 17.7 Å². The zero-order valence-electron chi connectivity index (χ0n) is 16.0. The molecule has 3 aromatic rings. The Morgan fingerprint density at radius 3 is 2.52 bits per heavy atom. The van der Waals surface area contributed by atoms with Gasteiger partial charge in [0.15, 0.2) is 5.69 Å². The monoisotopic (exact) mass is 390 g/mol. The van der Waals surface area contributed by atoms with E-state index in [0.29, 0.717) is 38.5 Å². The second kappa shape index (κ2) is 8.60. The van der Waals surface area contributed by atoms with Gasteiger partial charge in [-0.1, -0.05) is 48.5 Å². The Labute approximate surface area is 168 Å². The molecule has 29 heavy (non-hydrogen) atoms. The van der Waals surface area contributed by atoms with Crippen LogP contribution in [0, 0.1) is 0 Å². The number of hydrogen-bond acceptors (Lipinski definition) is 4. The second-order valence-electron chi connectivity index (χ2n) is 6.77. The van der Waals surface area contributed by atoms with E-state index >= 15 is 0 Å². The molecule has 0 fully saturated rings. The van der Waals surface area contributed by atoms with Crippen molar-refractivity contribution in [2.45, 2.75) is 13.1 Å². The lowest BCUT2D eigenvalue weighted by molar-refractivity contribution is 0.0683. The van der Waals surface area contributed by atoms with Crippen LogP contribution in [0.4, 0.5) is 0 Å². The van der Waals surface area contributed by atoms with Gasteiger partial charge in [0, 0.05) is 19.2 Å². The summed E-state index contributed by atoms with van der Waals surface area (Å²) in [5, 5.41) is 7.08. The fourth-order valence-corrected chi connectivity index (χ4v) is 3.24. The van der Waals surface area contributed by atoms with Crippen molar-refractivity contribution >= 4 is 11.8 Å². The van der Waals surface area contributed by atoms with Crippen LogP contribution in [0.1, 0.15) is 26.5 Å². The van der Waals surface area contributed by atoms with E-state index in [4.69, 9.17) is 4.74 Å². The summed E-state index contributed by atoms with van der Waals surface area (Å²) in [5.74, 6) is 0.327. The van der Waals surface area contributed by atoms with Gasteiger partial charge in [-0.2, -0.15) is 5.10 Å². The molecule has 0 atom stereocenters. The molecule has 0 unspecified atom stereocenters. The van der Waals surface area contributed by atoms with Crippen molar-refractivity contribution < 1.29 is 14.3 Å². The number of carbonyl (C=O) groups is 2. The zero-order chi connectivity index (χ0) is 20.1. The minimum atomic E-state index is -0.314. The normalized spacial score (nSPS) is 13.1. The molecule has 148 valence electrons. The Morgan fingerprint density at radius 1 is 1.03 bits per heavy atom. The number of nitrogens with one attached hydrogen (secondary N) is 1. The lowest BCUT2D eigenvalue weighted by atomic mass is 10.2. The molecule has 1 aliphatic heterocycles. The number of nitrogens with zero attached hydrogens (tertiary/aromatic N) is 3. The number of para-hydroxylation sites is 1. The highest BCUT2D eigenvalue weighted by Crippen LogP contribution is 2.16. The molecule has 1 N–H and O–H groups in total. The Hall–Kier alpha value is -3.61. The van der Waals surface area contributed by atoms with E-state index in [0.717, 1.165) is 11.3 Å². The van der Waals surface area contributed by atoms with Crippen molar-refractivity contribution in [2.75, 3.05) is 19.7 Å². The lowest BCUT2D eigenvalue weighted by Gasteiger charge is -2.27. The van der Waals surface area contributed by atoms with Crippen LogP contribution < -0.4 is 10.1 Å².